The van der Waals surface area contributed by atoms with Gasteiger partial charge in [-0.1, -0.05) is 141 Å². The van der Waals surface area contributed by atoms with Crippen LogP contribution in [0.2, 0.25) is 0 Å². The van der Waals surface area contributed by atoms with Gasteiger partial charge >= 0.3 is 0 Å². The normalized spacial score (nSPS) is 16.4. The van der Waals surface area contributed by atoms with E-state index in [0.717, 1.165) is 18.7 Å². The van der Waals surface area contributed by atoms with Crippen LogP contribution >= 0.6 is 22.7 Å². The van der Waals surface area contributed by atoms with Gasteiger partial charge < -0.3 is 9.88 Å². The largest absolute Gasteiger partial charge is 0.355 e. The first-order chi connectivity index (χ1) is 32.6. The highest BCUT2D eigenvalue weighted by Crippen LogP contribution is 2.56. The Balaban J connectivity index is 1.16. The van der Waals surface area contributed by atoms with E-state index in [1.807, 2.05) is 22.7 Å². The zero-order valence-electron chi connectivity index (χ0n) is 40.6. The van der Waals surface area contributed by atoms with Gasteiger partial charge in [-0.25, -0.2) is 0 Å². The standard InChI is InChI=1S/C63H55BN2S2/c1-60(2,3)34-22-24-35(25-23-34)65-48-30-39-36-16-10-13-19-43(36)63(8,9)44(39)28-41(48)56-57-58-54(55-38-18-12-15-21-52(38)68-59(55)56)42-29-45-46(62(6,7)27-26-61(45,4)5)32-49(42)66(58)50-31-40-37-17-11-14-20-51(37)67-53(40)33-47(50)64-57/h10-25,28-33,64-65H,26-27H2,1-9H3. The third-order valence-electron chi connectivity index (χ3n) is 16.8. The van der Waals surface area contributed by atoms with E-state index in [2.05, 4.69) is 206 Å². The highest BCUT2D eigenvalue weighted by molar-refractivity contribution is 7.27. The summed E-state index contributed by atoms with van der Waals surface area (Å²) in [5.74, 6) is 0. The summed E-state index contributed by atoms with van der Waals surface area (Å²) in [6.07, 6.45) is 2.36. The number of fused-ring (bicyclic) bond motifs is 16. The van der Waals surface area contributed by atoms with Crippen LogP contribution in [-0.2, 0) is 21.7 Å². The number of nitrogens with one attached hydrogen (secondary N) is 1. The van der Waals surface area contributed by atoms with Crippen molar-refractivity contribution in [3.05, 3.63) is 161 Å². The zero-order valence-corrected chi connectivity index (χ0v) is 42.2. The Labute approximate surface area is 407 Å². The number of benzene rings is 8. The number of anilines is 2. The summed E-state index contributed by atoms with van der Waals surface area (Å²) < 4.78 is 8.18. The highest BCUT2D eigenvalue weighted by atomic mass is 32.1. The maximum atomic E-state index is 4.11. The first kappa shape index (κ1) is 40.9. The molecular weight excluding hydrogens is 860 g/mol. The van der Waals surface area contributed by atoms with Crippen LogP contribution in [0.25, 0.3) is 90.1 Å². The molecule has 11 aromatic rings. The fraction of sp³-hybridized carbons (Fsp3) is 0.238. The molecule has 0 bridgehead atoms. The first-order valence-corrected chi connectivity index (χ1v) is 26.3. The molecular formula is C63H55BN2S2. The Morgan fingerprint density at radius 1 is 0.559 bits per heavy atom. The maximum Gasteiger partial charge on any atom is 0.198 e. The molecule has 332 valence electrons. The topological polar surface area (TPSA) is 17.0 Å². The second-order valence-electron chi connectivity index (χ2n) is 23.2. The SMILES string of the molecule is CC(C)(C)c1ccc(Nc2cc3c(cc2-c2c4c5c(c6cc7c(cc6n5-c5cc6c(cc5B4)sc4ccccc46)C(C)(C)CCC7(C)C)c4c2sc2ccccc24)C(C)(C)c2ccccc2-3)cc1. The van der Waals surface area contributed by atoms with Gasteiger partial charge in [0.05, 0.1) is 5.52 Å². The Hall–Kier alpha value is -6.14. The number of hydrogen-bond acceptors (Lipinski definition) is 3. The van der Waals surface area contributed by atoms with Crippen LogP contribution in [0.4, 0.5) is 11.4 Å². The molecule has 0 radical (unpaired) electrons. The molecule has 2 aliphatic carbocycles. The maximum absolute atomic E-state index is 4.11. The van der Waals surface area contributed by atoms with Crippen molar-refractivity contribution in [2.45, 2.75) is 96.8 Å². The predicted octanol–water partition coefficient (Wildman–Crippen LogP) is 16.6. The summed E-state index contributed by atoms with van der Waals surface area (Å²) in [6.45, 7) is 21.7. The van der Waals surface area contributed by atoms with Crippen molar-refractivity contribution in [3.63, 3.8) is 0 Å². The summed E-state index contributed by atoms with van der Waals surface area (Å²) in [6, 6.07) is 52.0. The summed E-state index contributed by atoms with van der Waals surface area (Å²) in [4.78, 5) is 0. The van der Waals surface area contributed by atoms with Crippen LogP contribution in [0.15, 0.2) is 133 Å². The molecule has 2 nitrogen and oxygen atoms in total. The molecule has 0 saturated carbocycles. The van der Waals surface area contributed by atoms with Gasteiger partial charge in [0.2, 0.25) is 0 Å². The van der Waals surface area contributed by atoms with E-state index in [0.29, 0.717) is 0 Å². The minimum Gasteiger partial charge on any atom is -0.355 e. The van der Waals surface area contributed by atoms with Crippen LogP contribution in [0.1, 0.15) is 103 Å². The molecule has 0 atom stereocenters. The van der Waals surface area contributed by atoms with Gasteiger partial charge in [-0.05, 0) is 140 Å². The molecule has 0 fully saturated rings. The lowest BCUT2D eigenvalue weighted by Crippen LogP contribution is -2.37. The smallest absolute Gasteiger partial charge is 0.198 e. The third kappa shape index (κ3) is 5.52. The van der Waals surface area contributed by atoms with Gasteiger partial charge in [-0.15, -0.1) is 22.7 Å². The summed E-state index contributed by atoms with van der Waals surface area (Å²) in [5.41, 5.74) is 21.6. The lowest BCUT2D eigenvalue weighted by molar-refractivity contribution is 0.332. The molecule has 4 heterocycles. The number of hydrogen-bond donors (Lipinski definition) is 1. The zero-order chi connectivity index (χ0) is 46.4. The van der Waals surface area contributed by atoms with E-state index in [9.17, 15) is 0 Å². The van der Waals surface area contributed by atoms with Gasteiger partial charge in [0, 0.05) is 84.7 Å². The van der Waals surface area contributed by atoms with Gasteiger partial charge in [0.25, 0.3) is 0 Å². The average Bonchev–Trinajstić information content (AvgIpc) is 4.04. The van der Waals surface area contributed by atoms with Gasteiger partial charge in [-0.3, -0.25) is 0 Å². The molecule has 0 amide bonds. The lowest BCUT2D eigenvalue weighted by atomic mass is 9.58. The first-order valence-electron chi connectivity index (χ1n) is 24.7. The molecule has 3 aromatic heterocycles. The van der Waals surface area contributed by atoms with Crippen molar-refractivity contribution < 1.29 is 0 Å². The predicted molar refractivity (Wildman–Crippen MR) is 300 cm³/mol. The van der Waals surface area contributed by atoms with Gasteiger partial charge in [0.1, 0.15) is 0 Å². The Morgan fingerprint density at radius 3 is 1.99 bits per heavy atom. The molecule has 68 heavy (non-hydrogen) atoms. The van der Waals surface area contributed by atoms with Crippen LogP contribution in [0.5, 0.6) is 0 Å². The lowest BCUT2D eigenvalue weighted by Gasteiger charge is -2.42. The molecule has 1 N–H and O–H groups in total. The quantitative estimate of drug-likeness (QED) is 0.175. The van der Waals surface area contributed by atoms with Crippen LogP contribution < -0.4 is 16.2 Å². The van der Waals surface area contributed by atoms with Crippen LogP contribution in [0, 0.1) is 0 Å². The second kappa shape index (κ2) is 13.6. The second-order valence-corrected chi connectivity index (χ2v) is 25.4. The molecule has 8 aromatic carbocycles. The Kier molecular flexibility index (Phi) is 8.15. The molecule has 0 spiro atoms. The number of thiophene rings is 2. The summed E-state index contributed by atoms with van der Waals surface area (Å²) in [5, 5.41) is 12.4. The molecule has 14 rings (SSSR count). The molecule has 3 aliphatic rings. The van der Waals surface area contributed by atoms with Crippen molar-refractivity contribution in [2.24, 2.45) is 0 Å². The highest BCUT2D eigenvalue weighted by Gasteiger charge is 2.41. The van der Waals surface area contributed by atoms with E-state index in [1.54, 1.807) is 0 Å². The van der Waals surface area contributed by atoms with Crippen LogP contribution in [-0.4, -0.2) is 11.8 Å². The van der Waals surface area contributed by atoms with Crippen molar-refractivity contribution in [1.29, 1.82) is 0 Å². The summed E-state index contributed by atoms with van der Waals surface area (Å²) in [7, 11) is 0.850. The van der Waals surface area contributed by atoms with Crippen LogP contribution in [0.3, 0.4) is 0 Å². The molecule has 1 aliphatic heterocycles. The Bertz CT molecular complexity index is 4030. The van der Waals surface area contributed by atoms with Crippen molar-refractivity contribution >= 4 is 114 Å². The molecule has 0 saturated heterocycles. The summed E-state index contributed by atoms with van der Waals surface area (Å²) >= 11 is 3.92. The van der Waals surface area contributed by atoms with E-state index >= 15 is 0 Å². The number of nitrogens with zero attached hydrogens (tertiary/aromatic N) is 1. The van der Waals surface area contributed by atoms with Crippen molar-refractivity contribution in [3.8, 4) is 27.9 Å². The monoisotopic (exact) mass is 914 g/mol. The fourth-order valence-corrected chi connectivity index (χ4v) is 15.4. The fourth-order valence-electron chi connectivity index (χ4n) is 12.9. The molecule has 0 unspecified atom stereocenters. The van der Waals surface area contributed by atoms with E-state index < -0.39 is 0 Å². The minimum absolute atomic E-state index is 0.0678. The number of rotatable bonds is 3. The average molecular weight is 915 g/mol. The molecule has 5 heteroatoms. The van der Waals surface area contributed by atoms with E-state index in [4.69, 9.17) is 0 Å². The third-order valence-corrected chi connectivity index (χ3v) is 19.1. The Morgan fingerprint density at radius 2 is 1.24 bits per heavy atom. The van der Waals surface area contributed by atoms with Gasteiger partial charge in [-0.2, -0.15) is 0 Å². The van der Waals surface area contributed by atoms with Crippen molar-refractivity contribution in [1.82, 2.24) is 4.57 Å². The van der Waals surface area contributed by atoms with E-state index in [1.165, 1.54) is 142 Å². The number of aromatic nitrogens is 1. The van der Waals surface area contributed by atoms with E-state index in [-0.39, 0.29) is 21.7 Å². The van der Waals surface area contributed by atoms with Gasteiger partial charge in [0.15, 0.2) is 7.28 Å². The van der Waals surface area contributed by atoms with Crippen molar-refractivity contribution in [2.75, 3.05) is 5.32 Å². The minimum atomic E-state index is -0.166.